The summed E-state index contributed by atoms with van der Waals surface area (Å²) in [5, 5.41) is 6.86. The van der Waals surface area contributed by atoms with E-state index in [1.807, 2.05) is 31.3 Å². The second kappa shape index (κ2) is 12.6. The summed E-state index contributed by atoms with van der Waals surface area (Å²) in [6.45, 7) is 6.56. The van der Waals surface area contributed by atoms with Gasteiger partial charge in [0, 0.05) is 33.4 Å². The first-order valence-corrected chi connectivity index (χ1v) is 10.4. The monoisotopic (exact) mass is 391 g/mol. The second-order valence-corrected chi connectivity index (χ2v) is 7.41. The van der Waals surface area contributed by atoms with E-state index in [9.17, 15) is 0 Å². The summed E-state index contributed by atoms with van der Waals surface area (Å²) < 4.78 is 16.6. The largest absolute Gasteiger partial charge is 0.497 e. The van der Waals surface area contributed by atoms with Gasteiger partial charge in [-0.3, -0.25) is 4.99 Å². The number of nitrogens with one attached hydrogen (secondary N) is 2. The zero-order valence-corrected chi connectivity index (χ0v) is 17.8. The van der Waals surface area contributed by atoms with Crippen molar-refractivity contribution in [1.29, 1.82) is 0 Å². The maximum Gasteiger partial charge on any atom is 0.191 e. The third kappa shape index (κ3) is 7.68. The quantitative estimate of drug-likeness (QED) is 0.325. The third-order valence-electron chi connectivity index (χ3n) is 5.44. The van der Waals surface area contributed by atoms with Crippen LogP contribution in [0.15, 0.2) is 29.3 Å². The fraction of sp³-hybridized carbons (Fsp3) is 0.682. The normalized spacial score (nSPS) is 16.2. The summed E-state index contributed by atoms with van der Waals surface area (Å²) in [5.41, 5.74) is 1.45. The number of hydrogen-bond acceptors (Lipinski definition) is 4. The summed E-state index contributed by atoms with van der Waals surface area (Å²) in [5.74, 6) is 1.70. The van der Waals surface area contributed by atoms with Crippen molar-refractivity contribution in [2.45, 2.75) is 45.6 Å². The fourth-order valence-corrected chi connectivity index (χ4v) is 3.76. The Kier molecular flexibility index (Phi) is 10.1. The van der Waals surface area contributed by atoms with Gasteiger partial charge < -0.3 is 24.8 Å². The lowest BCUT2D eigenvalue weighted by atomic mass is 9.83. The Bertz CT molecular complexity index is 586. The molecular weight excluding hydrogens is 354 g/mol. The molecule has 0 saturated heterocycles. The highest BCUT2D eigenvalue weighted by atomic mass is 16.5. The highest BCUT2D eigenvalue weighted by molar-refractivity contribution is 5.79. The summed E-state index contributed by atoms with van der Waals surface area (Å²) in [6, 6.07) is 7.95. The Morgan fingerprint density at radius 3 is 2.68 bits per heavy atom. The summed E-state index contributed by atoms with van der Waals surface area (Å²) >= 11 is 0. The van der Waals surface area contributed by atoms with E-state index in [-0.39, 0.29) is 0 Å². The number of rotatable bonds is 12. The minimum atomic E-state index is 0.343. The van der Waals surface area contributed by atoms with Crippen molar-refractivity contribution in [2.75, 3.05) is 47.1 Å². The van der Waals surface area contributed by atoms with Crippen LogP contribution in [-0.4, -0.2) is 53.0 Å². The summed E-state index contributed by atoms with van der Waals surface area (Å²) in [6.07, 6.45) is 6.30. The van der Waals surface area contributed by atoms with Crippen molar-refractivity contribution in [3.05, 3.63) is 29.8 Å². The number of hydrogen-bond donors (Lipinski definition) is 2. The van der Waals surface area contributed by atoms with Crippen LogP contribution in [0, 0.1) is 5.41 Å². The SMILES string of the molecule is CCOCCC1(CNC(=NC)NCCOCc2cccc(OC)c2)CCCC1. The molecule has 6 nitrogen and oxygen atoms in total. The number of guanidine groups is 1. The molecule has 0 aliphatic heterocycles. The maximum atomic E-state index is 5.76. The highest BCUT2D eigenvalue weighted by Crippen LogP contribution is 2.40. The van der Waals surface area contributed by atoms with Gasteiger partial charge in [-0.25, -0.2) is 0 Å². The molecule has 1 aliphatic carbocycles. The Morgan fingerprint density at radius 2 is 1.96 bits per heavy atom. The van der Waals surface area contributed by atoms with Crippen LogP contribution in [0.1, 0.15) is 44.6 Å². The van der Waals surface area contributed by atoms with E-state index in [2.05, 4.69) is 22.5 Å². The van der Waals surface area contributed by atoms with Crippen LogP contribution >= 0.6 is 0 Å². The van der Waals surface area contributed by atoms with Crippen LogP contribution in [0.5, 0.6) is 5.75 Å². The number of aliphatic imine (C=N–C) groups is 1. The number of methoxy groups -OCH3 is 1. The zero-order chi connectivity index (χ0) is 20.1. The molecule has 0 spiro atoms. The third-order valence-corrected chi connectivity index (χ3v) is 5.44. The van der Waals surface area contributed by atoms with E-state index in [0.29, 0.717) is 18.6 Å². The number of benzene rings is 1. The van der Waals surface area contributed by atoms with Gasteiger partial charge in [-0.2, -0.15) is 0 Å². The van der Waals surface area contributed by atoms with E-state index in [4.69, 9.17) is 14.2 Å². The predicted molar refractivity (Wildman–Crippen MR) is 114 cm³/mol. The molecule has 1 saturated carbocycles. The van der Waals surface area contributed by atoms with E-state index < -0.39 is 0 Å². The Hall–Kier alpha value is -1.79. The van der Waals surface area contributed by atoms with Crippen molar-refractivity contribution in [3.8, 4) is 5.75 Å². The lowest BCUT2D eigenvalue weighted by Crippen LogP contribution is -2.44. The molecule has 2 N–H and O–H groups in total. The van der Waals surface area contributed by atoms with Crippen molar-refractivity contribution < 1.29 is 14.2 Å². The summed E-state index contributed by atoms with van der Waals surface area (Å²) in [4.78, 5) is 4.35. The van der Waals surface area contributed by atoms with Crippen LogP contribution in [0.4, 0.5) is 0 Å². The molecule has 6 heteroatoms. The topological polar surface area (TPSA) is 64.1 Å². The Labute approximate surface area is 170 Å². The van der Waals surface area contributed by atoms with E-state index in [1.54, 1.807) is 7.11 Å². The molecule has 0 aromatic heterocycles. The van der Waals surface area contributed by atoms with Gasteiger partial charge in [-0.15, -0.1) is 0 Å². The smallest absolute Gasteiger partial charge is 0.191 e. The van der Waals surface area contributed by atoms with E-state index >= 15 is 0 Å². The van der Waals surface area contributed by atoms with Gasteiger partial charge in [0.05, 0.1) is 20.3 Å². The molecule has 0 unspecified atom stereocenters. The number of ether oxygens (including phenoxy) is 3. The molecule has 0 heterocycles. The van der Waals surface area contributed by atoms with Gasteiger partial charge in [0.1, 0.15) is 5.75 Å². The van der Waals surface area contributed by atoms with Gasteiger partial charge in [0.2, 0.25) is 0 Å². The minimum absolute atomic E-state index is 0.343. The average molecular weight is 392 g/mol. The first-order valence-electron chi connectivity index (χ1n) is 10.4. The first kappa shape index (κ1) is 22.5. The molecule has 0 amide bonds. The van der Waals surface area contributed by atoms with Crippen LogP contribution in [0.3, 0.4) is 0 Å². The molecule has 1 aromatic carbocycles. The lowest BCUT2D eigenvalue weighted by Gasteiger charge is -2.30. The summed E-state index contributed by atoms with van der Waals surface area (Å²) in [7, 11) is 3.49. The lowest BCUT2D eigenvalue weighted by molar-refractivity contribution is 0.105. The molecule has 1 aromatic rings. The van der Waals surface area contributed by atoms with Gasteiger partial charge in [-0.1, -0.05) is 25.0 Å². The predicted octanol–water partition coefficient (Wildman–Crippen LogP) is 3.36. The molecule has 0 bridgehead atoms. The van der Waals surface area contributed by atoms with Crippen LogP contribution in [0.25, 0.3) is 0 Å². The van der Waals surface area contributed by atoms with E-state index in [1.165, 1.54) is 25.7 Å². The van der Waals surface area contributed by atoms with Crippen molar-refractivity contribution >= 4 is 5.96 Å². The highest BCUT2D eigenvalue weighted by Gasteiger charge is 2.33. The van der Waals surface area contributed by atoms with E-state index in [0.717, 1.165) is 50.0 Å². The van der Waals surface area contributed by atoms with Crippen molar-refractivity contribution in [2.24, 2.45) is 10.4 Å². The Morgan fingerprint density at radius 1 is 1.14 bits per heavy atom. The molecule has 1 fully saturated rings. The minimum Gasteiger partial charge on any atom is -0.497 e. The molecule has 0 radical (unpaired) electrons. The standard InChI is InChI=1S/C22H37N3O3/c1-4-27-14-12-22(10-5-6-11-22)18-25-21(23-2)24-13-15-28-17-19-8-7-9-20(16-19)26-3/h7-9,16H,4-6,10-15,17-18H2,1-3H3,(H2,23,24,25). The molecule has 0 atom stereocenters. The second-order valence-electron chi connectivity index (χ2n) is 7.41. The van der Waals surface area contributed by atoms with Crippen molar-refractivity contribution in [1.82, 2.24) is 10.6 Å². The zero-order valence-electron chi connectivity index (χ0n) is 17.8. The van der Waals surface area contributed by atoms with Crippen LogP contribution < -0.4 is 15.4 Å². The molecular formula is C22H37N3O3. The van der Waals surface area contributed by atoms with Crippen LogP contribution in [-0.2, 0) is 16.1 Å². The fourth-order valence-electron chi connectivity index (χ4n) is 3.76. The molecule has 1 aliphatic rings. The van der Waals surface area contributed by atoms with Gasteiger partial charge in [-0.05, 0) is 49.3 Å². The molecule has 2 rings (SSSR count). The van der Waals surface area contributed by atoms with Gasteiger partial charge >= 0.3 is 0 Å². The van der Waals surface area contributed by atoms with Crippen molar-refractivity contribution in [3.63, 3.8) is 0 Å². The Balaban J connectivity index is 1.66. The first-order chi connectivity index (χ1) is 13.7. The molecule has 158 valence electrons. The maximum absolute atomic E-state index is 5.76. The van der Waals surface area contributed by atoms with Crippen LogP contribution in [0.2, 0.25) is 0 Å². The average Bonchev–Trinajstić information content (AvgIpc) is 3.19. The van der Waals surface area contributed by atoms with Gasteiger partial charge in [0.25, 0.3) is 0 Å². The number of nitrogens with zero attached hydrogens (tertiary/aromatic N) is 1. The molecule has 28 heavy (non-hydrogen) atoms. The van der Waals surface area contributed by atoms with Gasteiger partial charge in [0.15, 0.2) is 5.96 Å².